The van der Waals surface area contributed by atoms with Crippen molar-refractivity contribution < 1.29 is 23.9 Å². The molecule has 2 atom stereocenters. The summed E-state index contributed by atoms with van der Waals surface area (Å²) in [4.78, 5) is 52.4. The van der Waals surface area contributed by atoms with Crippen LogP contribution in [-0.2, 0) is 19.1 Å². The van der Waals surface area contributed by atoms with E-state index in [2.05, 4.69) is 10.6 Å². The predicted octanol–water partition coefficient (Wildman–Crippen LogP) is 2.77. The number of amides is 4. The molecule has 0 spiro atoms. The first-order valence-corrected chi connectivity index (χ1v) is 11.8. The predicted molar refractivity (Wildman–Crippen MR) is 135 cm³/mol. The number of rotatable bonds is 9. The molecule has 10 heteroatoms. The van der Waals surface area contributed by atoms with Crippen LogP contribution in [0.4, 0.5) is 4.79 Å². The lowest BCUT2D eigenvalue weighted by Gasteiger charge is -2.35. The van der Waals surface area contributed by atoms with Gasteiger partial charge in [-0.15, -0.1) is 0 Å². The molecule has 4 amide bonds. The summed E-state index contributed by atoms with van der Waals surface area (Å²) in [6, 6.07) is 4.98. The van der Waals surface area contributed by atoms with E-state index in [9.17, 15) is 24.4 Å². The minimum atomic E-state index is -1.25. The summed E-state index contributed by atoms with van der Waals surface area (Å²) in [7, 11) is 0. The van der Waals surface area contributed by atoms with Gasteiger partial charge in [0.2, 0.25) is 17.7 Å². The van der Waals surface area contributed by atoms with Gasteiger partial charge in [-0.2, -0.15) is 5.26 Å². The number of carbonyl (C=O) groups is 4. The Hall–Kier alpha value is -3.61. The highest BCUT2D eigenvalue weighted by atomic mass is 16.6. The smallest absolute Gasteiger partial charge is 0.408 e. The molecular weight excluding hydrogens is 462 g/mol. The number of nitrogens with one attached hydrogen (secondary N) is 2. The zero-order valence-corrected chi connectivity index (χ0v) is 22.5. The van der Waals surface area contributed by atoms with Gasteiger partial charge in [0, 0.05) is 12.0 Å². The highest BCUT2D eigenvalue weighted by molar-refractivity contribution is 5.93. The molecule has 0 aliphatic carbocycles. The van der Waals surface area contributed by atoms with E-state index in [-0.39, 0.29) is 12.8 Å². The molecule has 4 N–H and O–H groups in total. The summed E-state index contributed by atoms with van der Waals surface area (Å²) in [6.45, 7) is 13.7. The zero-order valence-electron chi connectivity index (χ0n) is 22.5. The molecule has 0 bridgehead atoms. The van der Waals surface area contributed by atoms with E-state index in [0.717, 1.165) is 16.0 Å². The van der Waals surface area contributed by atoms with E-state index in [0.29, 0.717) is 5.56 Å². The molecule has 0 fully saturated rings. The van der Waals surface area contributed by atoms with Gasteiger partial charge < -0.3 is 26.0 Å². The summed E-state index contributed by atoms with van der Waals surface area (Å²) in [5.74, 6) is -1.86. The lowest BCUT2D eigenvalue weighted by Crippen LogP contribution is -2.55. The van der Waals surface area contributed by atoms with Crippen molar-refractivity contribution >= 4 is 23.8 Å². The number of hydrogen-bond donors (Lipinski definition) is 3. The number of nitrogens with zero attached hydrogens (tertiary/aromatic N) is 2. The lowest BCUT2D eigenvalue weighted by molar-refractivity contribution is -0.142. The monoisotopic (exact) mass is 501 g/mol. The van der Waals surface area contributed by atoms with Crippen molar-refractivity contribution in [3.8, 4) is 6.07 Å². The van der Waals surface area contributed by atoms with Crippen LogP contribution in [0.3, 0.4) is 0 Å². The molecule has 0 saturated heterocycles. The highest BCUT2D eigenvalue weighted by Crippen LogP contribution is 2.27. The third-order valence-corrected chi connectivity index (χ3v) is 4.97. The fourth-order valence-electron chi connectivity index (χ4n) is 3.59. The van der Waals surface area contributed by atoms with E-state index in [1.807, 2.05) is 32.0 Å². The summed E-state index contributed by atoms with van der Waals surface area (Å²) in [5, 5.41) is 15.0. The maximum Gasteiger partial charge on any atom is 0.408 e. The molecular formula is C26H39N5O5. The second-order valence-corrected chi connectivity index (χ2v) is 10.8. The van der Waals surface area contributed by atoms with Crippen LogP contribution in [0.5, 0.6) is 0 Å². The van der Waals surface area contributed by atoms with Crippen molar-refractivity contribution in [3.05, 3.63) is 34.9 Å². The summed E-state index contributed by atoms with van der Waals surface area (Å²) in [5.41, 5.74) is 6.10. The van der Waals surface area contributed by atoms with Crippen molar-refractivity contribution in [1.29, 1.82) is 5.26 Å². The fraction of sp³-hybridized carbons (Fsp3) is 0.577. The topological polar surface area (TPSA) is 155 Å². The van der Waals surface area contributed by atoms with Crippen molar-refractivity contribution in [1.82, 2.24) is 15.5 Å². The average molecular weight is 502 g/mol. The van der Waals surface area contributed by atoms with Crippen molar-refractivity contribution in [2.24, 2.45) is 5.73 Å². The largest absolute Gasteiger partial charge is 0.444 e. The summed E-state index contributed by atoms with van der Waals surface area (Å²) >= 11 is 0. The van der Waals surface area contributed by atoms with Crippen LogP contribution in [0, 0.1) is 25.2 Å². The molecule has 0 aliphatic heterocycles. The van der Waals surface area contributed by atoms with Crippen molar-refractivity contribution in [3.63, 3.8) is 0 Å². The molecule has 1 rings (SSSR count). The molecule has 2 unspecified atom stereocenters. The van der Waals surface area contributed by atoms with Gasteiger partial charge in [0.15, 0.2) is 0 Å². The van der Waals surface area contributed by atoms with Crippen LogP contribution in [0.15, 0.2) is 18.2 Å². The van der Waals surface area contributed by atoms with Gasteiger partial charge in [-0.25, -0.2) is 4.79 Å². The van der Waals surface area contributed by atoms with Crippen LogP contribution < -0.4 is 16.4 Å². The van der Waals surface area contributed by atoms with Gasteiger partial charge in [0.25, 0.3) is 0 Å². The number of hydrogen-bond acceptors (Lipinski definition) is 6. The Labute approximate surface area is 213 Å². The van der Waals surface area contributed by atoms with Crippen LogP contribution in [0.25, 0.3) is 0 Å². The standard InChI is InChI=1S/C26H39N5O5/c1-16-9-10-18(17(2)15-16)21(22(33)30-25(3,4)5)31(14-13-27)23(34)19(11-12-20(28)32)29-24(35)36-26(6,7)8/h9-10,15,19,21H,11-12,14H2,1-8H3,(H2,28,32)(H,29,35)(H,30,33). The summed E-state index contributed by atoms with van der Waals surface area (Å²) in [6.07, 6.45) is -1.20. The zero-order chi connectivity index (χ0) is 27.8. The van der Waals surface area contributed by atoms with Crippen LogP contribution in [-0.4, -0.2) is 52.4 Å². The maximum absolute atomic E-state index is 13.8. The van der Waals surface area contributed by atoms with Crippen LogP contribution >= 0.6 is 0 Å². The molecule has 36 heavy (non-hydrogen) atoms. The number of alkyl carbamates (subject to hydrolysis) is 1. The van der Waals surface area contributed by atoms with Gasteiger partial charge in [-0.05, 0) is 72.9 Å². The molecule has 198 valence electrons. The first-order chi connectivity index (χ1) is 16.4. The lowest BCUT2D eigenvalue weighted by atomic mass is 9.95. The Kier molecular flexibility index (Phi) is 10.5. The molecule has 1 aromatic carbocycles. The first-order valence-electron chi connectivity index (χ1n) is 11.8. The maximum atomic E-state index is 13.8. The van der Waals surface area contributed by atoms with Crippen LogP contribution in [0.2, 0.25) is 0 Å². The molecule has 0 heterocycles. The Morgan fingerprint density at radius 2 is 1.72 bits per heavy atom. The number of nitrogens with two attached hydrogens (primary N) is 1. The second-order valence-electron chi connectivity index (χ2n) is 10.8. The van der Waals surface area contributed by atoms with Gasteiger partial charge in [-0.3, -0.25) is 14.4 Å². The Balaban J connectivity index is 3.55. The van der Waals surface area contributed by atoms with E-state index in [1.165, 1.54) is 0 Å². The number of nitriles is 1. The van der Waals surface area contributed by atoms with Gasteiger partial charge in [-0.1, -0.05) is 23.8 Å². The number of ether oxygens (including phenoxy) is 1. The van der Waals surface area contributed by atoms with E-state index >= 15 is 0 Å². The molecule has 1 aromatic rings. The highest BCUT2D eigenvalue weighted by Gasteiger charge is 2.38. The Bertz CT molecular complexity index is 1020. The third kappa shape index (κ3) is 9.94. The number of benzene rings is 1. The normalized spacial score (nSPS) is 13.1. The molecule has 0 aliphatic rings. The molecule has 0 saturated carbocycles. The van der Waals surface area contributed by atoms with E-state index in [4.69, 9.17) is 10.5 Å². The van der Waals surface area contributed by atoms with E-state index in [1.54, 1.807) is 47.6 Å². The Morgan fingerprint density at radius 3 is 2.19 bits per heavy atom. The van der Waals surface area contributed by atoms with Crippen molar-refractivity contribution in [2.45, 2.75) is 91.5 Å². The molecule has 0 radical (unpaired) electrons. The third-order valence-electron chi connectivity index (χ3n) is 4.97. The average Bonchev–Trinajstić information content (AvgIpc) is 2.68. The number of carbonyl (C=O) groups excluding carboxylic acids is 4. The minimum Gasteiger partial charge on any atom is -0.444 e. The number of primary amides is 1. The molecule has 10 nitrogen and oxygen atoms in total. The van der Waals surface area contributed by atoms with E-state index < -0.39 is 53.6 Å². The number of aryl methyl sites for hydroxylation is 2. The quantitative estimate of drug-likeness (QED) is 0.442. The van der Waals surface area contributed by atoms with Crippen molar-refractivity contribution in [2.75, 3.05) is 6.54 Å². The van der Waals surface area contributed by atoms with Gasteiger partial charge in [0.1, 0.15) is 24.2 Å². The first kappa shape index (κ1) is 30.4. The Morgan fingerprint density at radius 1 is 1.11 bits per heavy atom. The van der Waals surface area contributed by atoms with Gasteiger partial charge in [0.05, 0.1) is 6.07 Å². The minimum absolute atomic E-state index is 0.129. The summed E-state index contributed by atoms with van der Waals surface area (Å²) < 4.78 is 5.27. The molecule has 0 aromatic heterocycles. The fourth-order valence-corrected chi connectivity index (χ4v) is 3.59. The second kappa shape index (κ2) is 12.4. The van der Waals surface area contributed by atoms with Crippen LogP contribution in [0.1, 0.15) is 77.1 Å². The van der Waals surface area contributed by atoms with Gasteiger partial charge >= 0.3 is 6.09 Å². The SMILES string of the molecule is Cc1ccc(C(C(=O)NC(C)(C)C)N(CC#N)C(=O)C(CCC(N)=O)NC(=O)OC(C)(C)C)c(C)c1.